The van der Waals surface area contributed by atoms with E-state index < -0.39 is 6.61 Å². The van der Waals surface area contributed by atoms with Gasteiger partial charge in [-0.05, 0) is 43.2 Å². The molecule has 0 aliphatic carbocycles. The van der Waals surface area contributed by atoms with E-state index in [2.05, 4.69) is 10.8 Å². The van der Waals surface area contributed by atoms with E-state index in [9.17, 15) is 13.6 Å². The Morgan fingerprint density at radius 3 is 2.62 bits per heavy atom. The number of ether oxygens (including phenoxy) is 2. The quantitative estimate of drug-likeness (QED) is 0.590. The lowest BCUT2D eigenvalue weighted by Gasteiger charge is -2.31. The summed E-state index contributed by atoms with van der Waals surface area (Å²) in [6.07, 6.45) is 1.69. The Labute approximate surface area is 170 Å². The summed E-state index contributed by atoms with van der Waals surface area (Å²) in [6.45, 7) is -1.71. The van der Waals surface area contributed by atoms with Crippen molar-refractivity contribution in [2.75, 3.05) is 20.2 Å². The van der Waals surface area contributed by atoms with Crippen LogP contribution in [-0.4, -0.2) is 42.6 Å². The zero-order valence-corrected chi connectivity index (χ0v) is 16.6. The van der Waals surface area contributed by atoms with Gasteiger partial charge in [-0.25, -0.2) is 4.98 Å². The number of hydrogen-bond donors (Lipinski definition) is 0. The van der Waals surface area contributed by atoms with Crippen molar-refractivity contribution in [2.45, 2.75) is 25.4 Å². The van der Waals surface area contributed by atoms with Gasteiger partial charge in [-0.3, -0.25) is 4.79 Å². The van der Waals surface area contributed by atoms with Crippen molar-refractivity contribution in [1.29, 1.82) is 0 Å². The van der Waals surface area contributed by atoms with Gasteiger partial charge in [-0.2, -0.15) is 8.78 Å². The van der Waals surface area contributed by atoms with Crippen molar-refractivity contribution in [3.8, 4) is 11.5 Å². The monoisotopic (exact) mass is 418 g/mol. The summed E-state index contributed by atoms with van der Waals surface area (Å²) in [5.41, 5.74) is 1.41. The molecular formula is C21H20F2N2O3S. The number of nitrogens with zero attached hydrogens (tertiary/aromatic N) is 2. The molecule has 4 rings (SSSR count). The standard InChI is InChI=1S/C21H20F2N2O3S/c1-27-17-12-14(6-7-16(17)28-21(22)23)20(26)25-10-8-13(9-11-25)19-24-15-4-2-3-5-18(15)29-19/h2-7,12-13,21H,8-11H2,1H3. The lowest BCUT2D eigenvalue weighted by atomic mass is 9.97. The average Bonchev–Trinajstić information content (AvgIpc) is 3.17. The van der Waals surface area contributed by atoms with Crippen molar-refractivity contribution in [1.82, 2.24) is 9.88 Å². The highest BCUT2D eigenvalue weighted by Crippen LogP contribution is 2.35. The maximum atomic E-state index is 12.9. The SMILES string of the molecule is COc1cc(C(=O)N2CCC(c3nc4ccccc4s3)CC2)ccc1OC(F)F. The van der Waals surface area contributed by atoms with Gasteiger partial charge in [0.1, 0.15) is 0 Å². The molecule has 3 aromatic rings. The van der Waals surface area contributed by atoms with Crippen molar-refractivity contribution in [3.05, 3.63) is 53.0 Å². The summed E-state index contributed by atoms with van der Waals surface area (Å²) in [6, 6.07) is 12.4. The van der Waals surface area contributed by atoms with Crippen LogP contribution < -0.4 is 9.47 Å². The number of rotatable bonds is 5. The molecule has 152 valence electrons. The predicted molar refractivity (Wildman–Crippen MR) is 107 cm³/mol. The average molecular weight is 418 g/mol. The fraction of sp³-hybridized carbons (Fsp3) is 0.333. The Morgan fingerprint density at radius 2 is 1.93 bits per heavy atom. The molecule has 0 atom stereocenters. The third kappa shape index (κ3) is 4.17. The van der Waals surface area contributed by atoms with Crippen LogP contribution in [-0.2, 0) is 0 Å². The molecule has 2 heterocycles. The molecule has 2 aromatic carbocycles. The number of carbonyl (C=O) groups excluding carboxylic acids is 1. The molecule has 0 saturated carbocycles. The minimum atomic E-state index is -2.95. The molecule has 1 saturated heterocycles. The number of piperidine rings is 1. The third-order valence-electron chi connectivity index (χ3n) is 5.07. The Kier molecular flexibility index (Phi) is 5.62. The zero-order valence-electron chi connectivity index (χ0n) is 15.8. The smallest absolute Gasteiger partial charge is 0.387 e. The van der Waals surface area contributed by atoms with Crippen LogP contribution in [0.15, 0.2) is 42.5 Å². The minimum Gasteiger partial charge on any atom is -0.493 e. The van der Waals surface area contributed by atoms with Crippen LogP contribution in [0.1, 0.15) is 34.1 Å². The second-order valence-electron chi connectivity index (χ2n) is 6.83. The molecule has 1 aliphatic rings. The Morgan fingerprint density at radius 1 is 1.17 bits per heavy atom. The summed E-state index contributed by atoms with van der Waals surface area (Å²) in [5.74, 6) is 0.219. The van der Waals surface area contributed by atoms with E-state index in [1.807, 2.05) is 18.2 Å². The van der Waals surface area contributed by atoms with Gasteiger partial charge in [0.2, 0.25) is 0 Å². The number of aromatic nitrogens is 1. The summed E-state index contributed by atoms with van der Waals surface area (Å²) < 4.78 is 35.6. The van der Waals surface area contributed by atoms with Crippen molar-refractivity contribution < 1.29 is 23.0 Å². The van der Waals surface area contributed by atoms with E-state index in [4.69, 9.17) is 9.72 Å². The number of methoxy groups -OCH3 is 1. The number of benzene rings is 2. The summed E-state index contributed by atoms with van der Waals surface area (Å²) in [4.78, 5) is 19.4. The molecule has 1 aromatic heterocycles. The molecule has 1 aliphatic heterocycles. The fourth-order valence-corrected chi connectivity index (χ4v) is 4.71. The molecule has 0 radical (unpaired) electrons. The Bertz CT molecular complexity index is 983. The van der Waals surface area contributed by atoms with Crippen LogP contribution >= 0.6 is 11.3 Å². The summed E-state index contributed by atoms with van der Waals surface area (Å²) in [7, 11) is 1.35. The maximum absolute atomic E-state index is 12.9. The van der Waals surface area contributed by atoms with Gasteiger partial charge in [0.15, 0.2) is 11.5 Å². The van der Waals surface area contributed by atoms with Gasteiger partial charge in [-0.1, -0.05) is 12.1 Å². The van der Waals surface area contributed by atoms with E-state index in [1.54, 1.807) is 16.2 Å². The van der Waals surface area contributed by atoms with Crippen LogP contribution in [0.3, 0.4) is 0 Å². The third-order valence-corrected chi connectivity index (χ3v) is 6.27. The largest absolute Gasteiger partial charge is 0.493 e. The van der Waals surface area contributed by atoms with Crippen LogP contribution in [0, 0.1) is 0 Å². The van der Waals surface area contributed by atoms with Gasteiger partial charge in [-0.15, -0.1) is 11.3 Å². The molecule has 1 fully saturated rings. The van der Waals surface area contributed by atoms with Crippen molar-refractivity contribution in [3.63, 3.8) is 0 Å². The van der Waals surface area contributed by atoms with E-state index >= 15 is 0 Å². The second kappa shape index (κ2) is 8.32. The van der Waals surface area contributed by atoms with Crippen molar-refractivity contribution >= 4 is 27.5 Å². The highest BCUT2D eigenvalue weighted by molar-refractivity contribution is 7.18. The lowest BCUT2D eigenvalue weighted by molar-refractivity contribution is -0.0512. The van der Waals surface area contributed by atoms with Crippen molar-refractivity contribution in [2.24, 2.45) is 0 Å². The van der Waals surface area contributed by atoms with Crippen LogP contribution in [0.5, 0.6) is 11.5 Å². The number of thiazole rings is 1. The second-order valence-corrected chi connectivity index (χ2v) is 7.89. The van der Waals surface area contributed by atoms with Gasteiger partial charge in [0.05, 0.1) is 22.3 Å². The molecule has 0 spiro atoms. The van der Waals surface area contributed by atoms with Gasteiger partial charge in [0, 0.05) is 24.6 Å². The maximum Gasteiger partial charge on any atom is 0.387 e. The van der Waals surface area contributed by atoms with E-state index in [1.165, 1.54) is 30.0 Å². The lowest BCUT2D eigenvalue weighted by Crippen LogP contribution is -2.37. The number of alkyl halides is 2. The first-order valence-corrected chi connectivity index (χ1v) is 10.1. The first kappa shape index (κ1) is 19.6. The number of amides is 1. The van der Waals surface area contributed by atoms with E-state index in [0.29, 0.717) is 24.6 Å². The predicted octanol–water partition coefficient (Wildman–Crippen LogP) is 4.93. The molecule has 0 bridgehead atoms. The molecule has 0 N–H and O–H groups in total. The molecule has 0 unspecified atom stereocenters. The van der Waals surface area contributed by atoms with Crippen LogP contribution in [0.4, 0.5) is 8.78 Å². The zero-order chi connectivity index (χ0) is 20.4. The number of para-hydroxylation sites is 1. The first-order chi connectivity index (χ1) is 14.0. The van der Waals surface area contributed by atoms with E-state index in [-0.39, 0.29) is 17.4 Å². The minimum absolute atomic E-state index is 0.0893. The summed E-state index contributed by atoms with van der Waals surface area (Å²) in [5, 5.41) is 1.12. The topological polar surface area (TPSA) is 51.7 Å². The molecule has 8 heteroatoms. The molecular weight excluding hydrogens is 398 g/mol. The number of likely N-dealkylation sites (tertiary alicyclic amines) is 1. The number of halogens is 2. The van der Waals surface area contributed by atoms with E-state index in [0.717, 1.165) is 23.4 Å². The van der Waals surface area contributed by atoms with Crippen LogP contribution in [0.25, 0.3) is 10.2 Å². The van der Waals surface area contributed by atoms with Gasteiger partial charge >= 0.3 is 6.61 Å². The summed E-state index contributed by atoms with van der Waals surface area (Å²) >= 11 is 1.71. The van der Waals surface area contributed by atoms with Gasteiger partial charge < -0.3 is 14.4 Å². The highest BCUT2D eigenvalue weighted by Gasteiger charge is 2.27. The molecule has 29 heavy (non-hydrogen) atoms. The Hall–Kier alpha value is -2.74. The van der Waals surface area contributed by atoms with Crippen LogP contribution in [0.2, 0.25) is 0 Å². The number of fused-ring (bicyclic) bond motifs is 1. The number of hydrogen-bond acceptors (Lipinski definition) is 5. The first-order valence-electron chi connectivity index (χ1n) is 9.32. The Balaban J connectivity index is 1.43. The fourth-order valence-electron chi connectivity index (χ4n) is 3.57. The molecule has 1 amide bonds. The molecule has 5 nitrogen and oxygen atoms in total. The normalized spacial score (nSPS) is 15.1. The van der Waals surface area contributed by atoms with Gasteiger partial charge in [0.25, 0.3) is 5.91 Å². The highest BCUT2D eigenvalue weighted by atomic mass is 32.1. The number of carbonyl (C=O) groups is 1.